The molecule has 4 aliphatic rings. The molecule has 2 amide bonds. The van der Waals surface area contributed by atoms with E-state index in [-0.39, 0.29) is 25.7 Å². The van der Waals surface area contributed by atoms with E-state index in [9.17, 15) is 19.5 Å². The van der Waals surface area contributed by atoms with Crippen LogP contribution in [0, 0.1) is 11.8 Å². The van der Waals surface area contributed by atoms with Crippen molar-refractivity contribution in [1.82, 2.24) is 4.90 Å². The molecule has 5 rings (SSSR count). The molecule has 174 valence electrons. The SMILES string of the molecule is C[C@H](CO)N1C(=O)[C@@H]2[C@@H]3C(=O)OCCC=C[C@@H]3O[C@@]23C=CCN(c2ccccc2Cl)C(=O)C13. The lowest BCUT2D eigenvalue weighted by Crippen LogP contribution is -2.57. The van der Waals surface area contributed by atoms with Crippen molar-refractivity contribution in [3.05, 3.63) is 53.6 Å². The number of carbonyl (C=O) groups is 3. The highest BCUT2D eigenvalue weighted by molar-refractivity contribution is 6.34. The van der Waals surface area contributed by atoms with E-state index in [2.05, 4.69) is 0 Å². The fraction of sp³-hybridized carbons (Fsp3) is 0.458. The minimum Gasteiger partial charge on any atom is -0.465 e. The number of halogens is 1. The average Bonchev–Trinajstić information content (AvgIpc) is 3.18. The van der Waals surface area contributed by atoms with Gasteiger partial charge in [0.2, 0.25) is 5.91 Å². The van der Waals surface area contributed by atoms with E-state index in [1.165, 1.54) is 9.80 Å². The first-order valence-electron chi connectivity index (χ1n) is 11.1. The number of rotatable bonds is 3. The maximum atomic E-state index is 14.1. The second-order valence-electron chi connectivity index (χ2n) is 8.81. The zero-order valence-electron chi connectivity index (χ0n) is 18.1. The Bertz CT molecular complexity index is 1060. The molecule has 9 heteroatoms. The highest BCUT2D eigenvalue weighted by atomic mass is 35.5. The number of aliphatic hydroxyl groups is 1. The number of ether oxygens (including phenoxy) is 2. The zero-order valence-corrected chi connectivity index (χ0v) is 18.9. The van der Waals surface area contributed by atoms with Crippen molar-refractivity contribution < 1.29 is 29.0 Å². The normalized spacial score (nSPS) is 34.2. The van der Waals surface area contributed by atoms with Crippen LogP contribution in [0.3, 0.4) is 0 Å². The van der Waals surface area contributed by atoms with Gasteiger partial charge in [-0.2, -0.15) is 0 Å². The Kier molecular flexibility index (Phi) is 5.55. The lowest BCUT2D eigenvalue weighted by Gasteiger charge is -2.37. The van der Waals surface area contributed by atoms with Gasteiger partial charge in [0.1, 0.15) is 17.6 Å². The summed E-state index contributed by atoms with van der Waals surface area (Å²) < 4.78 is 11.8. The summed E-state index contributed by atoms with van der Waals surface area (Å²) in [5, 5.41) is 10.3. The third-order valence-corrected chi connectivity index (χ3v) is 7.26. The van der Waals surface area contributed by atoms with Crippen LogP contribution in [0.2, 0.25) is 5.02 Å². The Morgan fingerprint density at radius 2 is 2.00 bits per heavy atom. The molecule has 1 N–H and O–H groups in total. The summed E-state index contributed by atoms with van der Waals surface area (Å²) in [6, 6.07) is 5.26. The Balaban J connectivity index is 1.65. The molecule has 1 unspecified atom stereocenters. The number of likely N-dealkylation sites (tertiary alicyclic amines) is 1. The van der Waals surface area contributed by atoms with Crippen LogP contribution in [0.1, 0.15) is 13.3 Å². The van der Waals surface area contributed by atoms with Crippen LogP contribution >= 0.6 is 11.6 Å². The number of hydrogen-bond acceptors (Lipinski definition) is 6. The third kappa shape index (κ3) is 3.23. The number of aliphatic hydroxyl groups excluding tert-OH is 1. The van der Waals surface area contributed by atoms with Crippen molar-refractivity contribution in [2.24, 2.45) is 11.8 Å². The van der Waals surface area contributed by atoms with Gasteiger partial charge in [0.25, 0.3) is 5.91 Å². The smallest absolute Gasteiger partial charge is 0.312 e. The number of carbonyl (C=O) groups excluding carboxylic acids is 3. The van der Waals surface area contributed by atoms with E-state index >= 15 is 0 Å². The van der Waals surface area contributed by atoms with Crippen LogP contribution in [0.15, 0.2) is 48.6 Å². The molecule has 2 fully saturated rings. The highest BCUT2D eigenvalue weighted by Gasteiger charge is 2.72. The topological polar surface area (TPSA) is 96.4 Å². The summed E-state index contributed by atoms with van der Waals surface area (Å²) in [7, 11) is 0. The van der Waals surface area contributed by atoms with E-state index in [1.807, 2.05) is 6.08 Å². The zero-order chi connectivity index (χ0) is 23.3. The highest BCUT2D eigenvalue weighted by Crippen LogP contribution is 2.54. The fourth-order valence-electron chi connectivity index (χ4n) is 5.50. The molecular weight excluding hydrogens is 448 g/mol. The number of cyclic esters (lactones) is 1. The molecule has 1 aromatic carbocycles. The molecule has 8 nitrogen and oxygen atoms in total. The molecule has 4 heterocycles. The van der Waals surface area contributed by atoms with Gasteiger partial charge in [-0.15, -0.1) is 0 Å². The quantitative estimate of drug-likeness (QED) is 0.531. The second kappa shape index (κ2) is 8.27. The molecule has 0 aliphatic carbocycles. The molecule has 1 aromatic rings. The lowest BCUT2D eigenvalue weighted by molar-refractivity contribution is -0.155. The Morgan fingerprint density at radius 1 is 1.21 bits per heavy atom. The lowest BCUT2D eigenvalue weighted by atomic mass is 9.77. The van der Waals surface area contributed by atoms with Crippen molar-refractivity contribution in [3.8, 4) is 0 Å². The molecular formula is C24H25ClN2O6. The van der Waals surface area contributed by atoms with E-state index in [0.29, 0.717) is 17.1 Å². The number of benzene rings is 1. The second-order valence-corrected chi connectivity index (χ2v) is 9.21. The number of fused-ring (bicyclic) bond motifs is 2. The average molecular weight is 473 g/mol. The van der Waals surface area contributed by atoms with Crippen LogP contribution < -0.4 is 4.90 Å². The van der Waals surface area contributed by atoms with Crippen LogP contribution in [-0.2, 0) is 23.9 Å². The molecule has 4 aliphatic heterocycles. The monoisotopic (exact) mass is 472 g/mol. The minimum atomic E-state index is -1.36. The van der Waals surface area contributed by atoms with Gasteiger partial charge in [0.05, 0.1) is 42.0 Å². The van der Waals surface area contributed by atoms with Gasteiger partial charge >= 0.3 is 5.97 Å². The number of amides is 2. The van der Waals surface area contributed by atoms with Gasteiger partial charge in [-0.25, -0.2) is 0 Å². The summed E-state index contributed by atoms with van der Waals surface area (Å²) in [5.74, 6) is -3.11. The molecule has 0 bridgehead atoms. The summed E-state index contributed by atoms with van der Waals surface area (Å²) in [6.07, 6.45) is 7.04. The first-order valence-corrected chi connectivity index (χ1v) is 11.5. The largest absolute Gasteiger partial charge is 0.465 e. The van der Waals surface area contributed by atoms with Crippen LogP contribution in [0.25, 0.3) is 0 Å². The Labute approximate surface area is 196 Å². The van der Waals surface area contributed by atoms with Crippen molar-refractivity contribution in [1.29, 1.82) is 0 Å². The van der Waals surface area contributed by atoms with Crippen LogP contribution in [0.4, 0.5) is 5.69 Å². The molecule has 6 atom stereocenters. The molecule has 33 heavy (non-hydrogen) atoms. The van der Waals surface area contributed by atoms with Gasteiger partial charge < -0.3 is 24.4 Å². The van der Waals surface area contributed by atoms with E-state index in [0.717, 1.165) is 0 Å². The van der Waals surface area contributed by atoms with Gasteiger partial charge in [0, 0.05) is 6.54 Å². The van der Waals surface area contributed by atoms with Crippen molar-refractivity contribution in [3.63, 3.8) is 0 Å². The first kappa shape index (κ1) is 22.1. The van der Waals surface area contributed by atoms with Gasteiger partial charge in [-0.05, 0) is 25.5 Å². The summed E-state index contributed by atoms with van der Waals surface area (Å²) in [5.41, 5.74) is -0.849. The van der Waals surface area contributed by atoms with E-state index in [4.69, 9.17) is 21.1 Å². The maximum absolute atomic E-state index is 14.1. The third-order valence-electron chi connectivity index (χ3n) is 6.94. The molecule has 1 spiro atoms. The van der Waals surface area contributed by atoms with E-state index < -0.39 is 47.5 Å². The standard InChI is InChI=1S/C24H25ClN2O6/c1-14(13-28)27-20-22(30)26(16-8-3-2-7-15(16)25)11-6-10-24(20)19(21(27)29)18-17(33-24)9-4-5-12-32-23(18)31/h2-4,6-10,14,17-20,28H,5,11-13H2,1H3/t14-,17+,18-,19+,20?,24+/m1/s1. The fourth-order valence-corrected chi connectivity index (χ4v) is 5.73. The summed E-state index contributed by atoms with van der Waals surface area (Å²) >= 11 is 6.40. The summed E-state index contributed by atoms with van der Waals surface area (Å²) in [6.45, 7) is 1.78. The minimum absolute atomic E-state index is 0.224. The molecule has 0 radical (unpaired) electrons. The van der Waals surface area contributed by atoms with Gasteiger partial charge in [-0.1, -0.05) is 48.0 Å². The predicted octanol–water partition coefficient (Wildman–Crippen LogP) is 1.71. The number of esters is 1. The van der Waals surface area contributed by atoms with Crippen molar-refractivity contribution >= 4 is 35.1 Å². The molecule has 0 aromatic heterocycles. The van der Waals surface area contributed by atoms with Crippen molar-refractivity contribution in [2.75, 3.05) is 24.7 Å². The molecule has 0 saturated carbocycles. The van der Waals surface area contributed by atoms with Gasteiger partial charge in [0.15, 0.2) is 0 Å². The van der Waals surface area contributed by atoms with Crippen LogP contribution in [-0.4, -0.2) is 71.3 Å². The number of nitrogens with zero attached hydrogens (tertiary/aromatic N) is 2. The number of hydrogen-bond donors (Lipinski definition) is 1. The van der Waals surface area contributed by atoms with E-state index in [1.54, 1.807) is 49.4 Å². The van der Waals surface area contributed by atoms with Crippen LogP contribution in [0.5, 0.6) is 0 Å². The van der Waals surface area contributed by atoms with Crippen molar-refractivity contribution in [2.45, 2.75) is 37.1 Å². The molecule has 2 saturated heterocycles. The summed E-state index contributed by atoms with van der Waals surface area (Å²) in [4.78, 5) is 43.7. The predicted molar refractivity (Wildman–Crippen MR) is 119 cm³/mol. The van der Waals surface area contributed by atoms with Gasteiger partial charge in [-0.3, -0.25) is 14.4 Å². The number of para-hydroxylation sites is 1. The maximum Gasteiger partial charge on any atom is 0.312 e. The Hall–Kier alpha value is -2.68. The Morgan fingerprint density at radius 3 is 2.76 bits per heavy atom. The first-order chi connectivity index (χ1) is 15.9. The number of anilines is 1.